The molecule has 1 aliphatic carbocycles. The van der Waals surface area contributed by atoms with E-state index in [-0.39, 0.29) is 30.1 Å². The first-order valence-corrected chi connectivity index (χ1v) is 18.5. The average Bonchev–Trinajstić information content (AvgIpc) is 3.38. The summed E-state index contributed by atoms with van der Waals surface area (Å²) in [5.41, 5.74) is 7.15. The number of phenolic OH excluding ortho intramolecular Hbond substituents is 1. The number of imide groups is 1. The second-order valence-electron chi connectivity index (χ2n) is 15.0. The van der Waals surface area contributed by atoms with Crippen molar-refractivity contribution >= 4 is 25.0 Å². The molecule has 266 valence electrons. The van der Waals surface area contributed by atoms with Gasteiger partial charge >= 0.3 is 7.12 Å². The zero-order valence-corrected chi connectivity index (χ0v) is 30.0. The molecule has 7 rings (SSSR count). The summed E-state index contributed by atoms with van der Waals surface area (Å²) in [6.07, 6.45) is 5.33. The fraction of sp³-hybridized carbons (Fsp3) is 0.429. The fourth-order valence-electron chi connectivity index (χ4n) is 8.93. The van der Waals surface area contributed by atoms with Gasteiger partial charge in [-0.1, -0.05) is 60.2 Å². The van der Waals surface area contributed by atoms with Gasteiger partial charge in [0.25, 0.3) is 0 Å². The first-order chi connectivity index (χ1) is 24.7. The van der Waals surface area contributed by atoms with Crippen molar-refractivity contribution in [3.63, 3.8) is 0 Å². The molecule has 4 aliphatic rings. The average molecular weight is 689 g/mol. The molecule has 3 aromatic rings. The summed E-state index contributed by atoms with van der Waals surface area (Å²) in [5, 5.41) is 21.3. The Kier molecular flexibility index (Phi) is 10.5. The van der Waals surface area contributed by atoms with Gasteiger partial charge in [0.05, 0.1) is 17.9 Å². The highest BCUT2D eigenvalue weighted by Gasteiger charge is 2.58. The number of ether oxygens (including phenoxy) is 1. The number of benzene rings is 3. The first-order valence-electron chi connectivity index (χ1n) is 18.5. The van der Waals surface area contributed by atoms with Crippen molar-refractivity contribution in [3.8, 4) is 11.5 Å². The van der Waals surface area contributed by atoms with Crippen LogP contribution in [0.5, 0.6) is 11.5 Å². The molecule has 3 heterocycles. The van der Waals surface area contributed by atoms with Crippen molar-refractivity contribution in [2.75, 3.05) is 19.7 Å². The maximum absolute atomic E-state index is 14.4. The van der Waals surface area contributed by atoms with Crippen LogP contribution in [0, 0.1) is 31.6 Å². The Bertz CT molecular complexity index is 1780. The van der Waals surface area contributed by atoms with Crippen LogP contribution in [0.1, 0.15) is 61.3 Å². The van der Waals surface area contributed by atoms with E-state index in [1.807, 2.05) is 62.4 Å². The Morgan fingerprint density at radius 1 is 0.961 bits per heavy atom. The molecule has 2 amide bonds. The van der Waals surface area contributed by atoms with E-state index in [1.54, 1.807) is 4.90 Å². The van der Waals surface area contributed by atoms with Crippen LogP contribution in [-0.2, 0) is 20.8 Å². The number of hydrogen-bond donors (Lipinski definition) is 2. The van der Waals surface area contributed by atoms with Crippen molar-refractivity contribution in [3.05, 3.63) is 112 Å². The number of likely N-dealkylation sites (tertiary alicyclic amines) is 2. The topological polar surface area (TPSA) is 99.5 Å². The molecule has 0 radical (unpaired) electrons. The van der Waals surface area contributed by atoms with Gasteiger partial charge in [-0.2, -0.15) is 0 Å². The molecule has 4 atom stereocenters. The maximum atomic E-state index is 14.4. The van der Waals surface area contributed by atoms with Gasteiger partial charge in [0.2, 0.25) is 11.8 Å². The van der Waals surface area contributed by atoms with Gasteiger partial charge in [-0.05, 0) is 123 Å². The first kappa shape index (κ1) is 35.2. The SMILES string of the molecule is C/C(=C\c1cc(C)c(O)c(C)c1)CC[C@H]1OB(O)C[C@H]2C1=C(COc1ccccc1)C[C@H]1C(=O)N(C3CCN(Cc4ccccc4)CC3)C(=O)[C@H]12. The third-order valence-electron chi connectivity index (χ3n) is 11.4. The second-order valence-corrected chi connectivity index (χ2v) is 15.0. The van der Waals surface area contributed by atoms with Gasteiger partial charge in [0.15, 0.2) is 0 Å². The van der Waals surface area contributed by atoms with Gasteiger partial charge in [-0.25, -0.2) is 0 Å². The predicted molar refractivity (Wildman–Crippen MR) is 199 cm³/mol. The van der Waals surface area contributed by atoms with Crippen LogP contribution in [0.15, 0.2) is 89.5 Å². The molecule has 3 aromatic carbocycles. The number of amides is 2. The molecular weight excluding hydrogens is 639 g/mol. The third kappa shape index (κ3) is 7.57. The lowest BCUT2D eigenvalue weighted by Crippen LogP contribution is -2.48. The molecule has 9 heteroatoms. The van der Waals surface area contributed by atoms with Crippen molar-refractivity contribution in [2.45, 2.75) is 77.9 Å². The molecule has 3 fully saturated rings. The Labute approximate surface area is 301 Å². The van der Waals surface area contributed by atoms with E-state index in [4.69, 9.17) is 9.39 Å². The Morgan fingerprint density at radius 2 is 1.63 bits per heavy atom. The number of rotatable bonds is 10. The zero-order valence-electron chi connectivity index (χ0n) is 30.0. The van der Waals surface area contributed by atoms with E-state index in [0.717, 1.165) is 71.6 Å². The van der Waals surface area contributed by atoms with Crippen LogP contribution < -0.4 is 4.74 Å². The van der Waals surface area contributed by atoms with Crippen molar-refractivity contribution in [1.82, 2.24) is 9.80 Å². The summed E-state index contributed by atoms with van der Waals surface area (Å²) in [6, 6.07) is 23.9. The minimum atomic E-state index is -1.02. The maximum Gasteiger partial charge on any atom is 0.455 e. The number of carbonyl (C=O) groups is 2. The molecule has 3 aliphatic heterocycles. The summed E-state index contributed by atoms with van der Waals surface area (Å²) in [5.74, 6) is -0.350. The lowest BCUT2D eigenvalue weighted by atomic mass is 9.58. The minimum Gasteiger partial charge on any atom is -0.507 e. The minimum absolute atomic E-state index is 0.0708. The summed E-state index contributed by atoms with van der Waals surface area (Å²) >= 11 is 0. The number of nitrogens with zero attached hydrogens (tertiary/aromatic N) is 2. The van der Waals surface area contributed by atoms with E-state index in [2.05, 4.69) is 42.2 Å². The molecular formula is C42H49BN2O6. The number of aryl methyl sites for hydroxylation is 2. The number of piperidine rings is 1. The lowest BCUT2D eigenvalue weighted by Gasteiger charge is -2.43. The van der Waals surface area contributed by atoms with Crippen LogP contribution in [0.3, 0.4) is 0 Å². The van der Waals surface area contributed by atoms with E-state index < -0.39 is 25.1 Å². The van der Waals surface area contributed by atoms with Crippen molar-refractivity contribution in [1.29, 1.82) is 0 Å². The summed E-state index contributed by atoms with van der Waals surface area (Å²) in [4.78, 5) is 32.7. The molecule has 0 spiro atoms. The Balaban J connectivity index is 1.12. The van der Waals surface area contributed by atoms with Gasteiger partial charge in [-0.3, -0.25) is 19.4 Å². The lowest BCUT2D eigenvalue weighted by molar-refractivity contribution is -0.144. The van der Waals surface area contributed by atoms with Gasteiger partial charge < -0.3 is 19.5 Å². The highest BCUT2D eigenvalue weighted by Crippen LogP contribution is 2.51. The molecule has 51 heavy (non-hydrogen) atoms. The standard InChI is InChI=1S/C42H49BN2O6/c1-27(20-31-21-28(2)40(46)29(3)22-31)14-15-37-38-32(26-50-34-12-8-5-9-13-34)23-35-39(36(38)24-43(49)51-37)42(48)45(41(35)47)33-16-18-44(19-17-33)25-30-10-6-4-7-11-30/h4-13,20-22,33,35-37,39,46,49H,14-19,23-26H2,1-3H3/b27-20+/t35-,36+,37-,39-/m1/s1. The summed E-state index contributed by atoms with van der Waals surface area (Å²) < 4.78 is 12.6. The number of hydrogen-bond acceptors (Lipinski definition) is 7. The summed E-state index contributed by atoms with van der Waals surface area (Å²) in [6.45, 7) is 8.72. The smallest absolute Gasteiger partial charge is 0.455 e. The van der Waals surface area contributed by atoms with Gasteiger partial charge in [-0.15, -0.1) is 0 Å². The van der Waals surface area contributed by atoms with Gasteiger partial charge in [0, 0.05) is 25.7 Å². The Morgan fingerprint density at radius 3 is 2.31 bits per heavy atom. The quantitative estimate of drug-likeness (QED) is 0.138. The van der Waals surface area contributed by atoms with Crippen LogP contribution in [0.25, 0.3) is 6.08 Å². The number of para-hydroxylation sites is 1. The van der Waals surface area contributed by atoms with Gasteiger partial charge in [0.1, 0.15) is 18.1 Å². The van der Waals surface area contributed by atoms with E-state index in [0.29, 0.717) is 31.6 Å². The predicted octanol–water partition coefficient (Wildman–Crippen LogP) is 6.73. The van der Waals surface area contributed by atoms with E-state index in [1.165, 1.54) is 5.56 Å². The van der Waals surface area contributed by atoms with E-state index in [9.17, 15) is 19.7 Å². The normalized spacial score (nSPS) is 24.6. The second kappa shape index (κ2) is 15.2. The zero-order chi connectivity index (χ0) is 35.6. The van der Waals surface area contributed by atoms with Crippen LogP contribution >= 0.6 is 0 Å². The monoisotopic (exact) mass is 688 g/mol. The van der Waals surface area contributed by atoms with E-state index >= 15 is 0 Å². The summed E-state index contributed by atoms with van der Waals surface area (Å²) in [7, 11) is -1.02. The molecule has 0 bridgehead atoms. The molecule has 0 saturated carbocycles. The number of phenols is 1. The fourth-order valence-corrected chi connectivity index (χ4v) is 8.93. The van der Waals surface area contributed by atoms with Crippen LogP contribution in [-0.4, -0.2) is 70.7 Å². The Hall–Kier alpha value is -4.18. The highest BCUT2D eigenvalue weighted by atomic mass is 16.5. The molecule has 3 saturated heterocycles. The molecule has 8 nitrogen and oxygen atoms in total. The molecule has 2 N–H and O–H groups in total. The van der Waals surface area contributed by atoms with Crippen LogP contribution in [0.2, 0.25) is 6.32 Å². The third-order valence-corrected chi connectivity index (χ3v) is 11.4. The highest BCUT2D eigenvalue weighted by molar-refractivity contribution is 6.43. The number of aromatic hydroxyl groups is 1. The van der Waals surface area contributed by atoms with Crippen molar-refractivity contribution in [2.24, 2.45) is 17.8 Å². The van der Waals surface area contributed by atoms with Crippen molar-refractivity contribution < 1.29 is 29.1 Å². The van der Waals surface area contributed by atoms with Crippen LogP contribution in [0.4, 0.5) is 0 Å². The number of carbonyl (C=O) groups excluding carboxylic acids is 2. The molecule has 0 aromatic heterocycles. The largest absolute Gasteiger partial charge is 0.507 e. The number of allylic oxidation sites excluding steroid dienone is 1. The molecule has 0 unspecified atom stereocenters. The number of fused-ring (bicyclic) bond motifs is 3.